The van der Waals surface area contributed by atoms with Crippen molar-refractivity contribution in [1.82, 2.24) is 5.32 Å². The molecule has 1 heterocycles. The second-order valence-electron chi connectivity index (χ2n) is 6.23. The molecule has 0 bridgehead atoms. The molecule has 128 valence electrons. The van der Waals surface area contributed by atoms with E-state index < -0.39 is 0 Å². The van der Waals surface area contributed by atoms with Gasteiger partial charge in [-0.3, -0.25) is 4.79 Å². The van der Waals surface area contributed by atoms with E-state index in [2.05, 4.69) is 12.2 Å². The van der Waals surface area contributed by atoms with Gasteiger partial charge in [0.1, 0.15) is 11.5 Å². The predicted molar refractivity (Wildman–Crippen MR) is 90.5 cm³/mol. The highest BCUT2D eigenvalue weighted by Crippen LogP contribution is 2.24. The first-order valence-corrected chi connectivity index (χ1v) is 8.50. The van der Waals surface area contributed by atoms with Gasteiger partial charge in [0.15, 0.2) is 0 Å². The van der Waals surface area contributed by atoms with Crippen molar-refractivity contribution in [2.45, 2.75) is 38.6 Å². The fourth-order valence-electron chi connectivity index (χ4n) is 3.22. The van der Waals surface area contributed by atoms with Crippen molar-refractivity contribution >= 4 is 5.91 Å². The molecule has 1 amide bonds. The summed E-state index contributed by atoms with van der Waals surface area (Å²) < 4.78 is 10.4. The Morgan fingerprint density at radius 2 is 2.13 bits per heavy atom. The minimum Gasteiger partial charge on any atom is -0.497 e. The summed E-state index contributed by atoms with van der Waals surface area (Å²) in [6.07, 6.45) is 5.02. The number of nitrogens with one attached hydrogen (secondary N) is 2. The molecule has 0 aromatic heterocycles. The molecule has 1 unspecified atom stereocenters. The van der Waals surface area contributed by atoms with Crippen molar-refractivity contribution in [2.75, 3.05) is 33.9 Å². The maximum absolute atomic E-state index is 12.3. The van der Waals surface area contributed by atoms with Gasteiger partial charge in [-0.25, -0.2) is 0 Å². The molecule has 1 aromatic carbocycles. The molecule has 0 spiro atoms. The fraction of sp³-hybridized carbons (Fsp3) is 0.611. The van der Waals surface area contributed by atoms with E-state index in [0.29, 0.717) is 23.6 Å². The quantitative estimate of drug-likeness (QED) is 0.744. The van der Waals surface area contributed by atoms with E-state index in [9.17, 15) is 4.79 Å². The number of likely N-dealkylation sites (tertiary alicyclic amines) is 1. The lowest BCUT2D eigenvalue weighted by Gasteiger charge is -2.30. The van der Waals surface area contributed by atoms with Crippen molar-refractivity contribution in [3.8, 4) is 11.5 Å². The van der Waals surface area contributed by atoms with Gasteiger partial charge in [0.25, 0.3) is 5.91 Å². The van der Waals surface area contributed by atoms with E-state index in [0.717, 1.165) is 19.0 Å². The number of methoxy groups -OCH3 is 2. The highest BCUT2D eigenvalue weighted by molar-refractivity contribution is 5.97. The summed E-state index contributed by atoms with van der Waals surface area (Å²) in [5.74, 6) is 1.13. The van der Waals surface area contributed by atoms with Gasteiger partial charge in [-0.1, -0.05) is 0 Å². The molecule has 1 aliphatic rings. The lowest BCUT2D eigenvalue weighted by molar-refractivity contribution is -0.928. The first kappa shape index (κ1) is 17.6. The number of carbonyl (C=O) groups excluding carboxylic acids is 1. The third-order valence-electron chi connectivity index (χ3n) is 4.70. The SMILES string of the molecule is COc1ccc(C(=O)NCCC[NH+]2CCCC[C@@H]2C)c(OC)c1. The number of quaternary nitrogens is 1. The number of ether oxygens (including phenoxy) is 2. The summed E-state index contributed by atoms with van der Waals surface area (Å²) in [4.78, 5) is 14.0. The van der Waals surface area contributed by atoms with Crippen LogP contribution < -0.4 is 19.7 Å². The van der Waals surface area contributed by atoms with Gasteiger partial charge in [-0.15, -0.1) is 0 Å². The highest BCUT2D eigenvalue weighted by atomic mass is 16.5. The number of hydrogen-bond donors (Lipinski definition) is 2. The average Bonchev–Trinajstić information content (AvgIpc) is 2.59. The van der Waals surface area contributed by atoms with Crippen LogP contribution in [0, 0.1) is 0 Å². The third-order valence-corrected chi connectivity index (χ3v) is 4.70. The van der Waals surface area contributed by atoms with Gasteiger partial charge in [0.05, 0.1) is 38.9 Å². The summed E-state index contributed by atoms with van der Waals surface area (Å²) in [6, 6.07) is 6.00. The van der Waals surface area contributed by atoms with Gasteiger partial charge in [0, 0.05) is 19.0 Å². The van der Waals surface area contributed by atoms with Crippen molar-refractivity contribution in [3.63, 3.8) is 0 Å². The highest BCUT2D eigenvalue weighted by Gasteiger charge is 2.21. The second-order valence-corrected chi connectivity index (χ2v) is 6.23. The zero-order valence-corrected chi connectivity index (χ0v) is 14.5. The van der Waals surface area contributed by atoms with E-state index >= 15 is 0 Å². The largest absolute Gasteiger partial charge is 0.497 e. The molecule has 5 nitrogen and oxygen atoms in total. The number of rotatable bonds is 7. The fourth-order valence-corrected chi connectivity index (χ4v) is 3.22. The van der Waals surface area contributed by atoms with Crippen LogP contribution >= 0.6 is 0 Å². The summed E-state index contributed by atoms with van der Waals surface area (Å²) in [5.41, 5.74) is 0.548. The van der Waals surface area contributed by atoms with Gasteiger partial charge < -0.3 is 19.7 Å². The lowest BCUT2D eigenvalue weighted by atomic mass is 10.0. The van der Waals surface area contributed by atoms with Crippen LogP contribution in [0.15, 0.2) is 18.2 Å². The molecule has 1 aromatic rings. The van der Waals surface area contributed by atoms with E-state index in [1.807, 2.05) is 0 Å². The van der Waals surface area contributed by atoms with Crippen LogP contribution in [0.25, 0.3) is 0 Å². The Hall–Kier alpha value is -1.75. The zero-order chi connectivity index (χ0) is 16.7. The Balaban J connectivity index is 1.80. The topological polar surface area (TPSA) is 52.0 Å². The van der Waals surface area contributed by atoms with Crippen molar-refractivity contribution in [1.29, 1.82) is 0 Å². The average molecular weight is 321 g/mol. The number of carbonyl (C=O) groups is 1. The number of benzene rings is 1. The monoisotopic (exact) mass is 321 g/mol. The van der Waals surface area contributed by atoms with Crippen molar-refractivity contribution < 1.29 is 19.2 Å². The summed E-state index contributed by atoms with van der Waals surface area (Å²) >= 11 is 0. The summed E-state index contributed by atoms with van der Waals surface area (Å²) in [7, 11) is 3.16. The Morgan fingerprint density at radius 3 is 2.83 bits per heavy atom. The molecular formula is C18H29N2O3+. The molecule has 0 radical (unpaired) electrons. The zero-order valence-electron chi connectivity index (χ0n) is 14.5. The molecule has 5 heteroatoms. The molecule has 1 aliphatic heterocycles. The van der Waals surface area contributed by atoms with Gasteiger partial charge >= 0.3 is 0 Å². The first-order chi connectivity index (χ1) is 11.2. The maximum Gasteiger partial charge on any atom is 0.255 e. The number of amides is 1. The van der Waals surface area contributed by atoms with E-state index in [-0.39, 0.29) is 5.91 Å². The minimum absolute atomic E-state index is 0.0915. The summed E-state index contributed by atoms with van der Waals surface area (Å²) in [6.45, 7) is 5.42. The molecular weight excluding hydrogens is 292 g/mol. The van der Waals surface area contributed by atoms with Gasteiger partial charge in [-0.05, 0) is 38.3 Å². The summed E-state index contributed by atoms with van der Waals surface area (Å²) in [5, 5.41) is 2.99. The predicted octanol–water partition coefficient (Wildman–Crippen LogP) is 1.28. The molecule has 2 atom stereocenters. The van der Waals surface area contributed by atoms with Crippen LogP contribution in [-0.2, 0) is 0 Å². The van der Waals surface area contributed by atoms with Crippen LogP contribution in [0.3, 0.4) is 0 Å². The minimum atomic E-state index is -0.0915. The van der Waals surface area contributed by atoms with E-state index in [4.69, 9.17) is 9.47 Å². The number of piperidine rings is 1. The molecule has 1 saturated heterocycles. The van der Waals surface area contributed by atoms with Gasteiger partial charge in [0.2, 0.25) is 0 Å². The van der Waals surface area contributed by atoms with E-state index in [1.165, 1.54) is 25.8 Å². The molecule has 0 saturated carbocycles. The second kappa shape index (κ2) is 8.77. The lowest BCUT2D eigenvalue weighted by Crippen LogP contribution is -3.16. The number of hydrogen-bond acceptors (Lipinski definition) is 3. The normalized spacial score (nSPS) is 20.8. The Bertz CT molecular complexity index is 519. The molecule has 2 N–H and O–H groups in total. The molecule has 2 rings (SSSR count). The standard InChI is InChI=1S/C18H28N2O3/c1-14-7-4-5-11-20(14)12-6-10-19-18(21)16-9-8-15(22-2)13-17(16)23-3/h8-9,13-14H,4-7,10-12H2,1-3H3,(H,19,21)/p+1/t14-/m0/s1. The van der Waals surface area contributed by atoms with Crippen molar-refractivity contribution in [3.05, 3.63) is 23.8 Å². The van der Waals surface area contributed by atoms with Crippen LogP contribution in [-0.4, -0.2) is 45.8 Å². The van der Waals surface area contributed by atoms with Crippen LogP contribution in [0.4, 0.5) is 0 Å². The first-order valence-electron chi connectivity index (χ1n) is 8.50. The molecule has 0 aliphatic carbocycles. The Labute approximate surface area is 139 Å². The van der Waals surface area contributed by atoms with Crippen molar-refractivity contribution in [2.24, 2.45) is 0 Å². The smallest absolute Gasteiger partial charge is 0.255 e. The Kier molecular flexibility index (Phi) is 6.71. The molecule has 1 fully saturated rings. The van der Waals surface area contributed by atoms with Crippen LogP contribution in [0.1, 0.15) is 43.0 Å². The van der Waals surface area contributed by atoms with Crippen LogP contribution in [0.2, 0.25) is 0 Å². The van der Waals surface area contributed by atoms with Crippen LogP contribution in [0.5, 0.6) is 11.5 Å². The van der Waals surface area contributed by atoms with Gasteiger partial charge in [-0.2, -0.15) is 0 Å². The Morgan fingerprint density at radius 1 is 1.30 bits per heavy atom. The molecule has 23 heavy (non-hydrogen) atoms. The maximum atomic E-state index is 12.3. The third kappa shape index (κ3) is 4.86. The van der Waals surface area contributed by atoms with E-state index in [1.54, 1.807) is 37.3 Å².